The lowest BCUT2D eigenvalue weighted by Crippen LogP contribution is -2.48. The van der Waals surface area contributed by atoms with Gasteiger partial charge in [0.15, 0.2) is 0 Å². The average Bonchev–Trinajstić information content (AvgIpc) is 2.27. The number of piperazine rings is 1. The van der Waals surface area contributed by atoms with E-state index >= 15 is 0 Å². The molecule has 15 heavy (non-hydrogen) atoms. The van der Waals surface area contributed by atoms with Crippen molar-refractivity contribution in [3.8, 4) is 0 Å². The molecular weight excluding hydrogens is 194 g/mol. The van der Waals surface area contributed by atoms with Gasteiger partial charge in [-0.15, -0.1) is 0 Å². The minimum atomic E-state index is 0.213. The molecule has 0 amide bonds. The van der Waals surface area contributed by atoms with Crippen molar-refractivity contribution in [2.75, 3.05) is 65.6 Å². The van der Waals surface area contributed by atoms with Crippen molar-refractivity contribution in [3.63, 3.8) is 0 Å². The predicted octanol–water partition coefficient (Wildman–Crippen LogP) is -1.82. The zero-order chi connectivity index (χ0) is 10.9. The van der Waals surface area contributed by atoms with E-state index in [-0.39, 0.29) is 13.2 Å². The van der Waals surface area contributed by atoms with E-state index in [1.165, 1.54) is 0 Å². The van der Waals surface area contributed by atoms with E-state index in [0.717, 1.165) is 45.8 Å². The molecule has 1 fully saturated rings. The third-order valence-electron chi connectivity index (χ3n) is 2.77. The van der Waals surface area contributed by atoms with Crippen LogP contribution < -0.4 is 5.32 Å². The molecule has 90 valence electrons. The highest BCUT2D eigenvalue weighted by molar-refractivity contribution is 4.71. The second-order valence-corrected chi connectivity index (χ2v) is 3.88. The van der Waals surface area contributed by atoms with Crippen LogP contribution in [0.25, 0.3) is 0 Å². The first-order valence-corrected chi connectivity index (χ1v) is 5.74. The third-order valence-corrected chi connectivity index (χ3v) is 2.77. The Morgan fingerprint density at radius 3 is 1.93 bits per heavy atom. The number of nitrogens with zero attached hydrogens (tertiary/aromatic N) is 2. The number of β-amino-alcohol motifs (C(OH)–C–C–N with tert-alkyl or cyclic N) is 1. The first kappa shape index (κ1) is 12.9. The van der Waals surface area contributed by atoms with Gasteiger partial charge >= 0.3 is 0 Å². The molecule has 0 saturated carbocycles. The quantitative estimate of drug-likeness (QED) is 0.438. The Morgan fingerprint density at radius 2 is 1.40 bits per heavy atom. The third kappa shape index (κ3) is 5.44. The lowest BCUT2D eigenvalue weighted by Gasteiger charge is -2.34. The highest BCUT2D eigenvalue weighted by Gasteiger charge is 2.15. The van der Waals surface area contributed by atoms with Crippen LogP contribution in [0.15, 0.2) is 0 Å². The van der Waals surface area contributed by atoms with Crippen molar-refractivity contribution >= 4 is 0 Å². The summed E-state index contributed by atoms with van der Waals surface area (Å²) in [4.78, 5) is 4.70. The number of nitrogens with one attached hydrogen (secondary N) is 1. The van der Waals surface area contributed by atoms with Gasteiger partial charge in [-0.3, -0.25) is 9.80 Å². The Morgan fingerprint density at radius 1 is 0.800 bits per heavy atom. The fourth-order valence-electron chi connectivity index (χ4n) is 1.82. The maximum absolute atomic E-state index is 8.80. The molecule has 0 aliphatic carbocycles. The van der Waals surface area contributed by atoms with Crippen LogP contribution in [0, 0.1) is 0 Å². The monoisotopic (exact) mass is 217 g/mol. The molecular formula is C10H23N3O2. The molecule has 0 radical (unpaired) electrons. The molecule has 1 rings (SSSR count). The van der Waals surface area contributed by atoms with Crippen LogP contribution >= 0.6 is 0 Å². The second kappa shape index (κ2) is 8.01. The average molecular weight is 217 g/mol. The van der Waals surface area contributed by atoms with Gasteiger partial charge in [0.25, 0.3) is 0 Å². The SMILES string of the molecule is OCCNCCN1CCN(CCO)CC1. The van der Waals surface area contributed by atoms with Crippen LogP contribution in [-0.2, 0) is 0 Å². The van der Waals surface area contributed by atoms with Crippen molar-refractivity contribution in [1.82, 2.24) is 15.1 Å². The summed E-state index contributed by atoms with van der Waals surface area (Å²) in [5.41, 5.74) is 0. The molecule has 0 aromatic heterocycles. The van der Waals surface area contributed by atoms with Crippen molar-refractivity contribution in [2.45, 2.75) is 0 Å². The van der Waals surface area contributed by atoms with E-state index in [2.05, 4.69) is 15.1 Å². The highest BCUT2D eigenvalue weighted by atomic mass is 16.3. The van der Waals surface area contributed by atoms with Crippen LogP contribution in [0.2, 0.25) is 0 Å². The summed E-state index contributed by atoms with van der Waals surface area (Å²) in [6.07, 6.45) is 0. The van der Waals surface area contributed by atoms with Crippen LogP contribution in [0.5, 0.6) is 0 Å². The summed E-state index contributed by atoms with van der Waals surface area (Å²) in [6.45, 7) is 8.24. The molecule has 0 unspecified atom stereocenters. The predicted molar refractivity (Wildman–Crippen MR) is 59.9 cm³/mol. The number of hydrogen-bond acceptors (Lipinski definition) is 5. The molecule has 3 N–H and O–H groups in total. The normalized spacial score (nSPS) is 19.6. The number of aliphatic hydroxyl groups excluding tert-OH is 2. The maximum atomic E-state index is 8.80. The van der Waals surface area contributed by atoms with Crippen LogP contribution in [0.3, 0.4) is 0 Å². The largest absolute Gasteiger partial charge is 0.395 e. The molecule has 5 heteroatoms. The van der Waals surface area contributed by atoms with Gasteiger partial charge < -0.3 is 15.5 Å². The molecule has 5 nitrogen and oxygen atoms in total. The Hall–Kier alpha value is -0.200. The Bertz CT molecular complexity index is 147. The van der Waals surface area contributed by atoms with E-state index in [0.29, 0.717) is 6.54 Å². The topological polar surface area (TPSA) is 59.0 Å². The van der Waals surface area contributed by atoms with E-state index < -0.39 is 0 Å². The standard InChI is InChI=1S/C10H23N3O2/c14-9-2-11-1-3-12-4-6-13(7-5-12)8-10-15/h11,14-15H,1-10H2. The second-order valence-electron chi connectivity index (χ2n) is 3.88. The molecule has 0 aromatic carbocycles. The molecule has 1 heterocycles. The van der Waals surface area contributed by atoms with Crippen molar-refractivity contribution in [1.29, 1.82) is 0 Å². The van der Waals surface area contributed by atoms with Crippen LogP contribution in [0.4, 0.5) is 0 Å². The van der Waals surface area contributed by atoms with Gasteiger partial charge in [0, 0.05) is 52.4 Å². The molecule has 0 atom stereocenters. The fourth-order valence-corrected chi connectivity index (χ4v) is 1.82. The summed E-state index contributed by atoms with van der Waals surface area (Å²) < 4.78 is 0. The van der Waals surface area contributed by atoms with E-state index in [4.69, 9.17) is 10.2 Å². The van der Waals surface area contributed by atoms with Gasteiger partial charge in [0.2, 0.25) is 0 Å². The van der Waals surface area contributed by atoms with Gasteiger partial charge in [0.05, 0.1) is 13.2 Å². The molecule has 1 aliphatic rings. The zero-order valence-corrected chi connectivity index (χ0v) is 9.36. The lowest BCUT2D eigenvalue weighted by molar-refractivity contribution is 0.113. The molecule has 1 saturated heterocycles. The van der Waals surface area contributed by atoms with Crippen molar-refractivity contribution in [3.05, 3.63) is 0 Å². The number of hydrogen-bond donors (Lipinski definition) is 3. The van der Waals surface area contributed by atoms with Gasteiger partial charge in [-0.1, -0.05) is 0 Å². The summed E-state index contributed by atoms with van der Waals surface area (Å²) in [5.74, 6) is 0. The lowest BCUT2D eigenvalue weighted by atomic mass is 10.3. The van der Waals surface area contributed by atoms with Crippen LogP contribution in [-0.4, -0.2) is 85.6 Å². The smallest absolute Gasteiger partial charge is 0.0558 e. The maximum Gasteiger partial charge on any atom is 0.0558 e. The summed E-state index contributed by atoms with van der Waals surface area (Å²) in [7, 11) is 0. The summed E-state index contributed by atoms with van der Waals surface area (Å²) in [5, 5.41) is 20.6. The fraction of sp³-hybridized carbons (Fsp3) is 1.00. The van der Waals surface area contributed by atoms with E-state index in [1.54, 1.807) is 0 Å². The molecule has 0 bridgehead atoms. The van der Waals surface area contributed by atoms with E-state index in [1.807, 2.05) is 0 Å². The number of rotatable bonds is 7. The Balaban J connectivity index is 1.99. The first-order chi connectivity index (χ1) is 7.36. The highest BCUT2D eigenvalue weighted by Crippen LogP contribution is 1.99. The summed E-state index contributed by atoms with van der Waals surface area (Å²) >= 11 is 0. The Kier molecular flexibility index (Phi) is 6.87. The molecule has 0 spiro atoms. The zero-order valence-electron chi connectivity index (χ0n) is 9.36. The minimum absolute atomic E-state index is 0.213. The van der Waals surface area contributed by atoms with E-state index in [9.17, 15) is 0 Å². The first-order valence-electron chi connectivity index (χ1n) is 5.74. The molecule has 1 aliphatic heterocycles. The van der Waals surface area contributed by atoms with Crippen molar-refractivity contribution < 1.29 is 10.2 Å². The van der Waals surface area contributed by atoms with Gasteiger partial charge in [-0.25, -0.2) is 0 Å². The van der Waals surface area contributed by atoms with Crippen LogP contribution in [0.1, 0.15) is 0 Å². The van der Waals surface area contributed by atoms with Crippen molar-refractivity contribution in [2.24, 2.45) is 0 Å². The minimum Gasteiger partial charge on any atom is -0.395 e. The molecule has 0 aromatic rings. The van der Waals surface area contributed by atoms with Gasteiger partial charge in [-0.2, -0.15) is 0 Å². The van der Waals surface area contributed by atoms with Gasteiger partial charge in [0.1, 0.15) is 0 Å². The van der Waals surface area contributed by atoms with Gasteiger partial charge in [-0.05, 0) is 0 Å². The summed E-state index contributed by atoms with van der Waals surface area (Å²) in [6, 6.07) is 0. The number of aliphatic hydroxyl groups is 2. The Labute approximate surface area is 91.7 Å².